The van der Waals surface area contributed by atoms with Gasteiger partial charge < -0.3 is 16.0 Å². The van der Waals surface area contributed by atoms with Gasteiger partial charge >= 0.3 is 0 Å². The second-order valence-corrected chi connectivity index (χ2v) is 6.03. The molecule has 2 heterocycles. The topological polar surface area (TPSA) is 100 Å². The Morgan fingerprint density at radius 2 is 2.32 bits per heavy atom. The largest absolute Gasteiger partial charge is 0.356 e. The van der Waals surface area contributed by atoms with Gasteiger partial charge in [-0.25, -0.2) is 4.98 Å². The molecule has 1 unspecified atom stereocenters. The summed E-state index contributed by atoms with van der Waals surface area (Å²) < 4.78 is 0. The van der Waals surface area contributed by atoms with Crippen molar-refractivity contribution in [3.63, 3.8) is 0 Å². The van der Waals surface area contributed by atoms with E-state index in [4.69, 9.17) is 0 Å². The van der Waals surface area contributed by atoms with Crippen LogP contribution in [0.25, 0.3) is 0 Å². The van der Waals surface area contributed by atoms with Crippen molar-refractivity contribution in [1.82, 2.24) is 15.6 Å². The number of nitrogens with one attached hydrogen (secondary N) is 3. The van der Waals surface area contributed by atoms with Crippen molar-refractivity contribution in [2.45, 2.75) is 45.1 Å². The molecule has 0 radical (unpaired) electrons. The normalized spacial score (nSPS) is 17.1. The summed E-state index contributed by atoms with van der Waals surface area (Å²) in [5.41, 5.74) is 0.629. The first-order chi connectivity index (χ1) is 10.6. The van der Waals surface area contributed by atoms with E-state index >= 15 is 0 Å². The van der Waals surface area contributed by atoms with Gasteiger partial charge in [-0.2, -0.15) is 0 Å². The van der Waals surface area contributed by atoms with Crippen LogP contribution in [0, 0.1) is 0 Å². The Labute approximate surface area is 132 Å². The maximum absolute atomic E-state index is 11.9. The predicted molar refractivity (Wildman–Crippen MR) is 83.5 cm³/mol. The van der Waals surface area contributed by atoms with E-state index in [0.29, 0.717) is 30.2 Å². The molecule has 7 nitrogen and oxygen atoms in total. The summed E-state index contributed by atoms with van der Waals surface area (Å²) in [7, 11) is 0. The highest BCUT2D eigenvalue weighted by atomic mass is 32.1. The second kappa shape index (κ2) is 7.88. The number of anilines is 1. The van der Waals surface area contributed by atoms with E-state index in [0.717, 1.165) is 12.8 Å². The molecule has 0 aliphatic carbocycles. The molecule has 1 atom stereocenters. The number of carbonyl (C=O) groups excluding carboxylic acids is 3. The molecule has 3 N–H and O–H groups in total. The molecule has 0 saturated carbocycles. The van der Waals surface area contributed by atoms with E-state index in [-0.39, 0.29) is 24.1 Å². The highest BCUT2D eigenvalue weighted by Crippen LogP contribution is 2.17. The van der Waals surface area contributed by atoms with Gasteiger partial charge in [-0.1, -0.05) is 13.3 Å². The number of carbonyl (C=O) groups is 3. The summed E-state index contributed by atoms with van der Waals surface area (Å²) in [4.78, 5) is 38.9. The van der Waals surface area contributed by atoms with Crippen LogP contribution in [-0.4, -0.2) is 35.3 Å². The van der Waals surface area contributed by atoms with E-state index in [1.54, 1.807) is 5.38 Å². The van der Waals surface area contributed by atoms with Crippen LogP contribution in [0.1, 0.15) is 38.3 Å². The fourth-order valence-corrected chi connectivity index (χ4v) is 2.79. The molecular formula is C14H20N4O3S. The molecule has 2 rings (SSSR count). The first-order valence-corrected chi connectivity index (χ1v) is 8.27. The lowest BCUT2D eigenvalue weighted by Gasteiger charge is -2.08. The quantitative estimate of drug-likeness (QED) is 0.646. The van der Waals surface area contributed by atoms with Crippen molar-refractivity contribution in [3.05, 3.63) is 11.1 Å². The van der Waals surface area contributed by atoms with Crippen LogP contribution in [-0.2, 0) is 20.8 Å². The first kappa shape index (κ1) is 16.4. The lowest BCUT2D eigenvalue weighted by atomic mass is 10.2. The zero-order valence-corrected chi connectivity index (χ0v) is 13.3. The van der Waals surface area contributed by atoms with Crippen LogP contribution in [0.15, 0.2) is 5.38 Å². The van der Waals surface area contributed by atoms with E-state index in [2.05, 4.69) is 27.9 Å². The van der Waals surface area contributed by atoms with Crippen LogP contribution in [0.3, 0.4) is 0 Å². The lowest BCUT2D eigenvalue weighted by Crippen LogP contribution is -2.37. The second-order valence-electron chi connectivity index (χ2n) is 5.17. The summed E-state index contributed by atoms with van der Waals surface area (Å²) in [5.74, 6) is -0.442. The summed E-state index contributed by atoms with van der Waals surface area (Å²) in [6.45, 7) is 2.73. The fourth-order valence-electron chi connectivity index (χ4n) is 2.08. The third kappa shape index (κ3) is 4.80. The number of aromatic nitrogens is 1. The van der Waals surface area contributed by atoms with Crippen molar-refractivity contribution in [3.8, 4) is 0 Å². The van der Waals surface area contributed by atoms with Gasteiger partial charge in [0.25, 0.3) is 0 Å². The van der Waals surface area contributed by atoms with Crippen molar-refractivity contribution in [1.29, 1.82) is 0 Å². The lowest BCUT2D eigenvalue weighted by molar-refractivity contribution is -0.122. The highest BCUT2D eigenvalue weighted by Gasteiger charge is 2.27. The minimum atomic E-state index is -0.489. The number of rotatable bonds is 7. The molecule has 3 amide bonds. The minimum Gasteiger partial charge on any atom is -0.356 e. The zero-order valence-electron chi connectivity index (χ0n) is 12.5. The molecule has 1 saturated heterocycles. The molecule has 8 heteroatoms. The number of amides is 3. The van der Waals surface area contributed by atoms with Crippen molar-refractivity contribution in [2.75, 3.05) is 11.9 Å². The van der Waals surface area contributed by atoms with Crippen molar-refractivity contribution >= 4 is 34.2 Å². The molecule has 22 heavy (non-hydrogen) atoms. The highest BCUT2D eigenvalue weighted by molar-refractivity contribution is 7.13. The van der Waals surface area contributed by atoms with E-state index in [9.17, 15) is 14.4 Å². The van der Waals surface area contributed by atoms with Gasteiger partial charge in [-0.05, 0) is 12.8 Å². The van der Waals surface area contributed by atoms with Gasteiger partial charge in [0.15, 0.2) is 5.13 Å². The van der Waals surface area contributed by atoms with Gasteiger partial charge in [0.05, 0.1) is 12.1 Å². The third-order valence-electron chi connectivity index (χ3n) is 3.29. The van der Waals surface area contributed by atoms with Crippen LogP contribution < -0.4 is 16.0 Å². The Kier molecular flexibility index (Phi) is 5.88. The smallest absolute Gasteiger partial charge is 0.248 e. The maximum Gasteiger partial charge on any atom is 0.248 e. The van der Waals surface area contributed by atoms with E-state index in [1.807, 2.05) is 0 Å². The van der Waals surface area contributed by atoms with Gasteiger partial charge in [-0.15, -0.1) is 11.3 Å². The predicted octanol–water partition coefficient (Wildman–Crippen LogP) is 0.819. The van der Waals surface area contributed by atoms with Crippen LogP contribution in [0.5, 0.6) is 0 Å². The molecule has 1 fully saturated rings. The average molecular weight is 324 g/mol. The Morgan fingerprint density at radius 1 is 1.50 bits per heavy atom. The molecule has 1 aromatic heterocycles. The van der Waals surface area contributed by atoms with Crippen LogP contribution in [0.4, 0.5) is 5.13 Å². The van der Waals surface area contributed by atoms with Crippen LogP contribution in [0.2, 0.25) is 0 Å². The van der Waals surface area contributed by atoms with E-state index < -0.39 is 6.04 Å². The molecule has 120 valence electrons. The maximum atomic E-state index is 11.9. The molecule has 0 aromatic carbocycles. The number of nitrogens with zero attached hydrogens (tertiary/aromatic N) is 1. The number of thiazole rings is 1. The van der Waals surface area contributed by atoms with Crippen molar-refractivity contribution < 1.29 is 14.4 Å². The molecule has 1 aliphatic rings. The van der Waals surface area contributed by atoms with E-state index in [1.165, 1.54) is 11.3 Å². The van der Waals surface area contributed by atoms with Gasteiger partial charge in [0.2, 0.25) is 17.7 Å². The Bertz CT molecular complexity index is 558. The number of hydrogen-bond donors (Lipinski definition) is 3. The van der Waals surface area contributed by atoms with Crippen LogP contribution >= 0.6 is 11.3 Å². The standard InChI is InChI=1S/C14H20N4O3S/c1-2-3-6-15-12(20)7-9-8-22-14(16-9)18-13(21)10-4-5-11(19)17-10/h8,10H,2-7H2,1H3,(H,15,20)(H,17,19)(H,16,18,21). The van der Waals surface area contributed by atoms with Gasteiger partial charge in [-0.3, -0.25) is 14.4 Å². The van der Waals surface area contributed by atoms with Gasteiger partial charge in [0, 0.05) is 18.3 Å². The Balaban J connectivity index is 1.79. The SMILES string of the molecule is CCCCNC(=O)Cc1csc(NC(=O)C2CCC(=O)N2)n1. The monoisotopic (exact) mass is 324 g/mol. The Hall–Kier alpha value is -1.96. The minimum absolute atomic E-state index is 0.0697. The average Bonchev–Trinajstić information content (AvgIpc) is 3.08. The molecule has 0 bridgehead atoms. The number of hydrogen-bond acceptors (Lipinski definition) is 5. The summed E-state index contributed by atoms with van der Waals surface area (Å²) in [6.07, 6.45) is 3.07. The summed E-state index contributed by atoms with van der Waals surface area (Å²) in [6, 6.07) is -0.489. The Morgan fingerprint density at radius 3 is 3.00 bits per heavy atom. The van der Waals surface area contributed by atoms with Crippen molar-refractivity contribution in [2.24, 2.45) is 0 Å². The zero-order chi connectivity index (χ0) is 15.9. The molecular weight excluding hydrogens is 304 g/mol. The first-order valence-electron chi connectivity index (χ1n) is 7.40. The fraction of sp³-hybridized carbons (Fsp3) is 0.571. The molecule has 1 aromatic rings. The number of unbranched alkanes of at least 4 members (excludes halogenated alkanes) is 1. The summed E-state index contributed by atoms with van der Waals surface area (Å²) in [5, 5.41) is 10.3. The summed E-state index contributed by atoms with van der Waals surface area (Å²) >= 11 is 1.27. The molecule has 0 spiro atoms. The third-order valence-corrected chi connectivity index (χ3v) is 4.09. The molecule has 1 aliphatic heterocycles. The van der Waals surface area contributed by atoms with Gasteiger partial charge in [0.1, 0.15) is 6.04 Å².